The van der Waals surface area contributed by atoms with Gasteiger partial charge in [-0.2, -0.15) is 5.10 Å². The van der Waals surface area contributed by atoms with Crippen molar-refractivity contribution in [3.05, 3.63) is 42.5 Å². The van der Waals surface area contributed by atoms with Crippen molar-refractivity contribution in [3.63, 3.8) is 0 Å². The summed E-state index contributed by atoms with van der Waals surface area (Å²) in [6.45, 7) is 1.80. The summed E-state index contributed by atoms with van der Waals surface area (Å²) in [5.74, 6) is 0.993. The third kappa shape index (κ3) is 3.60. The lowest BCUT2D eigenvalue weighted by atomic mass is 9.84. The maximum Gasteiger partial charge on any atom is 0.233 e. The molecule has 4 heterocycles. The monoisotopic (exact) mass is 410 g/mol. The van der Waals surface area contributed by atoms with Gasteiger partial charge in [0.05, 0.1) is 11.4 Å². The summed E-state index contributed by atoms with van der Waals surface area (Å²) in [5.41, 5.74) is 1.73. The van der Waals surface area contributed by atoms with E-state index >= 15 is 0 Å². The molecule has 0 spiro atoms. The van der Waals surface area contributed by atoms with E-state index in [-0.39, 0.29) is 11.8 Å². The minimum atomic E-state index is -1.06. The molecule has 2 aliphatic rings. The number of aromatic hydroxyl groups is 1. The molecule has 2 fully saturated rings. The number of phenolic OH excluding ortho intramolecular Hbond substituents is 1. The van der Waals surface area contributed by atoms with Gasteiger partial charge in [0.15, 0.2) is 6.17 Å². The smallest absolute Gasteiger partial charge is 0.233 e. The number of hydrogen-bond donors (Lipinski definition) is 2. The number of piperidine rings is 2. The molecular formula is C21H23FN6O2. The Morgan fingerprint density at radius 2 is 2.10 bits per heavy atom. The Labute approximate surface area is 173 Å². The highest BCUT2D eigenvalue weighted by Crippen LogP contribution is 2.32. The van der Waals surface area contributed by atoms with Gasteiger partial charge in [-0.25, -0.2) is 14.1 Å². The van der Waals surface area contributed by atoms with E-state index in [4.69, 9.17) is 4.74 Å². The Bertz CT molecular complexity index is 1040. The van der Waals surface area contributed by atoms with Crippen molar-refractivity contribution < 1.29 is 14.2 Å². The molecule has 5 rings (SSSR count). The van der Waals surface area contributed by atoms with Gasteiger partial charge in [0.2, 0.25) is 5.88 Å². The van der Waals surface area contributed by atoms with Crippen LogP contribution in [0, 0.1) is 6.92 Å². The number of alkyl halides is 1. The van der Waals surface area contributed by atoms with Crippen molar-refractivity contribution in [2.24, 2.45) is 0 Å². The van der Waals surface area contributed by atoms with Crippen LogP contribution in [0.5, 0.6) is 11.6 Å². The van der Waals surface area contributed by atoms with Crippen LogP contribution in [0.2, 0.25) is 0 Å². The zero-order chi connectivity index (χ0) is 20.7. The molecule has 3 aromatic rings. The molecule has 0 aliphatic carbocycles. The Morgan fingerprint density at radius 3 is 2.83 bits per heavy atom. The number of aromatic nitrogens is 5. The Morgan fingerprint density at radius 1 is 1.20 bits per heavy atom. The van der Waals surface area contributed by atoms with E-state index in [1.165, 1.54) is 0 Å². The molecule has 4 atom stereocenters. The lowest BCUT2D eigenvalue weighted by Crippen LogP contribution is -2.59. The summed E-state index contributed by atoms with van der Waals surface area (Å²) in [7, 11) is 0. The third-order valence-electron chi connectivity index (χ3n) is 5.81. The molecule has 2 aliphatic heterocycles. The molecule has 156 valence electrons. The summed E-state index contributed by atoms with van der Waals surface area (Å²) < 4.78 is 22.1. The van der Waals surface area contributed by atoms with Gasteiger partial charge in [0.1, 0.15) is 24.0 Å². The molecule has 0 saturated carbocycles. The van der Waals surface area contributed by atoms with E-state index in [9.17, 15) is 9.50 Å². The van der Waals surface area contributed by atoms with Crippen LogP contribution in [0.4, 0.5) is 4.39 Å². The maximum absolute atomic E-state index is 14.7. The topological polar surface area (TPSA) is 98.0 Å². The summed E-state index contributed by atoms with van der Waals surface area (Å²) in [6.07, 6.45) is 3.60. The predicted octanol–water partition coefficient (Wildman–Crippen LogP) is 2.74. The van der Waals surface area contributed by atoms with E-state index in [1.54, 1.807) is 42.2 Å². The van der Waals surface area contributed by atoms with Crippen LogP contribution in [-0.2, 0) is 0 Å². The highest BCUT2D eigenvalue weighted by Gasteiger charge is 2.41. The highest BCUT2D eigenvalue weighted by molar-refractivity contribution is 5.68. The standard InChI is InChI=1S/C21H23FN6O2/c1-12-23-11-28(27-12)14-5-6-15(18(29)10-14)16-7-8-20(26-25-16)30-19-9-13-3-2-4-17(24-13)21(19)22/h5-8,10-11,13,17,19,21,24,29H,2-4,9H2,1H3/t13?,17?,19-,21+/m0/s1. The molecule has 2 unspecified atom stereocenters. The molecule has 2 saturated heterocycles. The maximum atomic E-state index is 14.7. The molecule has 2 aromatic heterocycles. The Balaban J connectivity index is 1.31. The van der Waals surface area contributed by atoms with Crippen molar-refractivity contribution in [1.29, 1.82) is 0 Å². The average Bonchev–Trinajstić information content (AvgIpc) is 3.19. The second kappa shape index (κ2) is 7.64. The van der Waals surface area contributed by atoms with Crippen LogP contribution in [0.1, 0.15) is 31.5 Å². The zero-order valence-corrected chi connectivity index (χ0v) is 16.6. The quantitative estimate of drug-likeness (QED) is 0.682. The summed E-state index contributed by atoms with van der Waals surface area (Å²) in [5, 5.41) is 26.3. The SMILES string of the molecule is Cc1ncn(-c2ccc(-c3ccc(O[C@H]4CC5CCCC(N5)[C@H]4F)nn3)c(O)c2)n1. The van der Waals surface area contributed by atoms with E-state index in [0.717, 1.165) is 19.3 Å². The van der Waals surface area contributed by atoms with Crippen molar-refractivity contribution in [2.45, 2.75) is 57.0 Å². The Hall–Kier alpha value is -3.07. The fourth-order valence-electron chi connectivity index (χ4n) is 4.30. The summed E-state index contributed by atoms with van der Waals surface area (Å²) in [4.78, 5) is 4.09. The average molecular weight is 410 g/mol. The largest absolute Gasteiger partial charge is 0.507 e. The predicted molar refractivity (Wildman–Crippen MR) is 107 cm³/mol. The van der Waals surface area contributed by atoms with Gasteiger partial charge in [-0.05, 0) is 38.0 Å². The number of nitrogens with zero attached hydrogens (tertiary/aromatic N) is 5. The number of phenols is 1. The highest BCUT2D eigenvalue weighted by atomic mass is 19.1. The number of rotatable bonds is 4. The number of hydrogen-bond acceptors (Lipinski definition) is 7. The van der Waals surface area contributed by atoms with Gasteiger partial charge in [-0.3, -0.25) is 0 Å². The van der Waals surface area contributed by atoms with Gasteiger partial charge < -0.3 is 15.2 Å². The van der Waals surface area contributed by atoms with Gasteiger partial charge in [-0.15, -0.1) is 10.2 Å². The van der Waals surface area contributed by atoms with Gasteiger partial charge >= 0.3 is 0 Å². The fraction of sp³-hybridized carbons (Fsp3) is 0.429. The first-order valence-corrected chi connectivity index (χ1v) is 10.2. The Kier molecular flexibility index (Phi) is 4.82. The number of nitrogens with one attached hydrogen (secondary N) is 1. The van der Waals surface area contributed by atoms with Crippen molar-refractivity contribution >= 4 is 0 Å². The third-order valence-corrected chi connectivity index (χ3v) is 5.81. The minimum Gasteiger partial charge on any atom is -0.507 e. The van der Waals surface area contributed by atoms with Crippen LogP contribution < -0.4 is 10.1 Å². The van der Waals surface area contributed by atoms with Crippen molar-refractivity contribution in [1.82, 2.24) is 30.3 Å². The number of benzene rings is 1. The molecule has 2 N–H and O–H groups in total. The van der Waals surface area contributed by atoms with Crippen LogP contribution in [0.3, 0.4) is 0 Å². The van der Waals surface area contributed by atoms with E-state index in [1.807, 2.05) is 6.07 Å². The fourth-order valence-corrected chi connectivity index (χ4v) is 4.30. The van der Waals surface area contributed by atoms with Crippen molar-refractivity contribution in [2.75, 3.05) is 0 Å². The molecule has 8 nitrogen and oxygen atoms in total. The number of fused-ring (bicyclic) bond motifs is 2. The van der Waals surface area contributed by atoms with Crippen LogP contribution in [-0.4, -0.2) is 54.4 Å². The van der Waals surface area contributed by atoms with Crippen LogP contribution in [0.25, 0.3) is 16.9 Å². The first kappa shape index (κ1) is 18.9. The first-order chi connectivity index (χ1) is 14.6. The summed E-state index contributed by atoms with van der Waals surface area (Å²) in [6, 6.07) is 8.70. The second-order valence-electron chi connectivity index (χ2n) is 7.93. The lowest BCUT2D eigenvalue weighted by molar-refractivity contribution is 0.00652. The van der Waals surface area contributed by atoms with E-state index in [0.29, 0.717) is 41.1 Å². The molecular weight excluding hydrogens is 387 g/mol. The van der Waals surface area contributed by atoms with E-state index < -0.39 is 12.3 Å². The molecule has 0 amide bonds. The number of ether oxygens (including phenoxy) is 1. The van der Waals surface area contributed by atoms with Crippen LogP contribution in [0.15, 0.2) is 36.7 Å². The lowest BCUT2D eigenvalue weighted by Gasteiger charge is -2.42. The molecule has 30 heavy (non-hydrogen) atoms. The summed E-state index contributed by atoms with van der Waals surface area (Å²) >= 11 is 0. The molecule has 1 aromatic carbocycles. The molecule has 9 heteroatoms. The number of aryl methyl sites for hydroxylation is 1. The normalized spacial score (nSPS) is 25.8. The van der Waals surface area contributed by atoms with Gasteiger partial charge in [0, 0.05) is 36.2 Å². The van der Waals surface area contributed by atoms with E-state index in [2.05, 4.69) is 25.6 Å². The molecule has 0 radical (unpaired) electrons. The van der Waals surface area contributed by atoms with Gasteiger partial charge in [0.25, 0.3) is 0 Å². The van der Waals surface area contributed by atoms with Gasteiger partial charge in [-0.1, -0.05) is 6.42 Å². The van der Waals surface area contributed by atoms with Crippen LogP contribution >= 0.6 is 0 Å². The second-order valence-corrected chi connectivity index (χ2v) is 7.93. The van der Waals surface area contributed by atoms with Crippen molar-refractivity contribution in [3.8, 4) is 28.6 Å². The minimum absolute atomic E-state index is 0.0543. The molecule has 2 bridgehead atoms. The zero-order valence-electron chi connectivity index (χ0n) is 16.6. The number of halogens is 1. The first-order valence-electron chi connectivity index (χ1n) is 10.2.